The lowest BCUT2D eigenvalue weighted by molar-refractivity contribution is -0.194. The van der Waals surface area contributed by atoms with Crippen molar-refractivity contribution in [3.05, 3.63) is 35.9 Å². The van der Waals surface area contributed by atoms with Gasteiger partial charge in [0.2, 0.25) is 0 Å². The average molecular weight is 387 g/mol. The summed E-state index contributed by atoms with van der Waals surface area (Å²) in [5.74, 6) is -0.0913. The summed E-state index contributed by atoms with van der Waals surface area (Å²) in [7, 11) is 4.14. The molecule has 2 bridgehead atoms. The van der Waals surface area contributed by atoms with E-state index in [0.29, 0.717) is 11.5 Å². The fraction of sp³-hybridized carbons (Fsp3) is 0.696. The Labute approximate surface area is 168 Å². The molecule has 0 spiro atoms. The highest BCUT2D eigenvalue weighted by atomic mass is 16.6. The minimum absolute atomic E-state index is 0.0595. The first-order chi connectivity index (χ1) is 13.5. The molecule has 154 valence electrons. The number of hydrogen-bond donors (Lipinski definition) is 1. The largest absolute Gasteiger partial charge is 0.458 e. The monoisotopic (exact) mass is 386 g/mol. The van der Waals surface area contributed by atoms with Gasteiger partial charge in [-0.05, 0) is 64.3 Å². The van der Waals surface area contributed by atoms with Crippen molar-refractivity contribution in [1.29, 1.82) is 0 Å². The summed E-state index contributed by atoms with van der Waals surface area (Å²) >= 11 is 0. The molecule has 5 nitrogen and oxygen atoms in total. The van der Waals surface area contributed by atoms with Crippen LogP contribution in [0, 0.1) is 11.8 Å². The first kappa shape index (κ1) is 19.9. The van der Waals surface area contributed by atoms with E-state index in [1.54, 1.807) is 0 Å². The highest BCUT2D eigenvalue weighted by molar-refractivity contribution is 5.82. The summed E-state index contributed by atoms with van der Waals surface area (Å²) in [6.07, 6.45) is 5.91. The quantitative estimate of drug-likeness (QED) is 0.762. The number of nitrogens with zero attached hydrogens (tertiary/aromatic N) is 2. The van der Waals surface area contributed by atoms with E-state index >= 15 is 0 Å². The number of carbonyl (C=O) groups is 1. The Morgan fingerprint density at radius 3 is 2.39 bits per heavy atom. The fourth-order valence-electron chi connectivity index (χ4n) is 5.64. The number of aliphatic hydroxyl groups is 1. The van der Waals surface area contributed by atoms with Crippen molar-refractivity contribution >= 4 is 5.97 Å². The van der Waals surface area contributed by atoms with Crippen LogP contribution in [-0.4, -0.2) is 66.8 Å². The van der Waals surface area contributed by atoms with Crippen LogP contribution in [0.3, 0.4) is 0 Å². The second kappa shape index (κ2) is 8.13. The first-order valence-electron chi connectivity index (χ1n) is 10.9. The molecule has 3 aliphatic heterocycles. The summed E-state index contributed by atoms with van der Waals surface area (Å²) in [4.78, 5) is 18.2. The van der Waals surface area contributed by atoms with E-state index in [2.05, 4.69) is 23.9 Å². The SMILES string of the molecule is CN(C)C[C@H]1[C@@H](OC(=O)[C@@](O)(c2ccccc2)C2CCCC2)C2CCN1CC2. The van der Waals surface area contributed by atoms with E-state index in [4.69, 9.17) is 4.74 Å². The van der Waals surface area contributed by atoms with Crippen molar-refractivity contribution < 1.29 is 14.6 Å². The fourth-order valence-corrected chi connectivity index (χ4v) is 5.64. The topological polar surface area (TPSA) is 53.0 Å². The van der Waals surface area contributed by atoms with Gasteiger partial charge in [0.05, 0.1) is 6.04 Å². The lowest BCUT2D eigenvalue weighted by Crippen LogP contribution is -2.62. The molecule has 0 amide bonds. The molecule has 1 saturated carbocycles. The maximum Gasteiger partial charge on any atom is 0.343 e. The zero-order valence-corrected chi connectivity index (χ0v) is 17.2. The number of esters is 1. The number of ether oxygens (including phenoxy) is 1. The Balaban J connectivity index is 1.60. The van der Waals surface area contributed by atoms with Gasteiger partial charge >= 0.3 is 5.97 Å². The molecule has 0 radical (unpaired) electrons. The van der Waals surface area contributed by atoms with E-state index < -0.39 is 11.6 Å². The predicted octanol–water partition coefficient (Wildman–Crippen LogP) is 2.63. The Hall–Kier alpha value is -1.43. The van der Waals surface area contributed by atoms with Crippen LogP contribution in [0.1, 0.15) is 44.1 Å². The normalized spacial score (nSPS) is 32.4. The van der Waals surface area contributed by atoms with Crippen LogP contribution < -0.4 is 0 Å². The van der Waals surface area contributed by atoms with Crippen molar-refractivity contribution in [2.24, 2.45) is 11.8 Å². The molecule has 3 saturated heterocycles. The molecular weight excluding hydrogens is 352 g/mol. The second-order valence-electron chi connectivity index (χ2n) is 9.19. The summed E-state index contributed by atoms with van der Waals surface area (Å²) in [5, 5.41) is 11.7. The number of hydrogen-bond acceptors (Lipinski definition) is 5. The zero-order chi connectivity index (χ0) is 19.7. The van der Waals surface area contributed by atoms with E-state index in [1.807, 2.05) is 30.3 Å². The van der Waals surface area contributed by atoms with Crippen LogP contribution in [0.15, 0.2) is 30.3 Å². The third kappa shape index (κ3) is 3.60. The summed E-state index contributed by atoms with van der Waals surface area (Å²) < 4.78 is 6.21. The lowest BCUT2D eigenvalue weighted by Gasteiger charge is -2.51. The molecule has 1 aromatic rings. The van der Waals surface area contributed by atoms with Gasteiger partial charge in [-0.15, -0.1) is 0 Å². The molecule has 4 fully saturated rings. The van der Waals surface area contributed by atoms with Gasteiger partial charge in [-0.1, -0.05) is 43.2 Å². The standard InChI is InChI=1S/C23H34N2O3/c1-24(2)16-20-21(17-12-14-25(20)15-13-17)28-22(26)23(27,19-10-6-7-11-19)18-8-4-3-5-9-18/h3-5,8-9,17,19-21,27H,6-7,10-16H2,1-2H3/t20-,21-,23+/m0/s1. The second-order valence-corrected chi connectivity index (χ2v) is 9.19. The summed E-state index contributed by atoms with van der Waals surface area (Å²) in [6.45, 7) is 3.05. The van der Waals surface area contributed by atoms with Crippen LogP contribution >= 0.6 is 0 Å². The molecule has 5 heteroatoms. The third-order valence-electron chi connectivity index (χ3n) is 7.15. The number of piperidine rings is 3. The molecule has 3 atom stereocenters. The molecule has 1 aliphatic carbocycles. The lowest BCUT2D eigenvalue weighted by atomic mass is 9.78. The number of fused-ring (bicyclic) bond motifs is 3. The van der Waals surface area contributed by atoms with Crippen molar-refractivity contribution in [2.45, 2.75) is 56.3 Å². The van der Waals surface area contributed by atoms with Gasteiger partial charge in [0.1, 0.15) is 6.10 Å². The zero-order valence-electron chi connectivity index (χ0n) is 17.2. The Morgan fingerprint density at radius 2 is 1.79 bits per heavy atom. The summed E-state index contributed by atoms with van der Waals surface area (Å²) in [5.41, 5.74) is -0.857. The molecule has 0 unspecified atom stereocenters. The van der Waals surface area contributed by atoms with Crippen LogP contribution in [0.25, 0.3) is 0 Å². The highest BCUT2D eigenvalue weighted by Crippen LogP contribution is 2.43. The van der Waals surface area contributed by atoms with E-state index in [-0.39, 0.29) is 18.1 Å². The van der Waals surface area contributed by atoms with Crippen molar-refractivity contribution in [3.63, 3.8) is 0 Å². The molecule has 1 aromatic carbocycles. The van der Waals surface area contributed by atoms with E-state index in [1.165, 1.54) is 0 Å². The average Bonchev–Trinajstić information content (AvgIpc) is 3.25. The van der Waals surface area contributed by atoms with Gasteiger partial charge in [0.15, 0.2) is 5.60 Å². The highest BCUT2D eigenvalue weighted by Gasteiger charge is 2.51. The maximum absolute atomic E-state index is 13.5. The van der Waals surface area contributed by atoms with Gasteiger partial charge in [-0.2, -0.15) is 0 Å². The third-order valence-corrected chi connectivity index (χ3v) is 7.15. The number of carbonyl (C=O) groups excluding carboxylic acids is 1. The smallest absolute Gasteiger partial charge is 0.343 e. The summed E-state index contributed by atoms with van der Waals surface area (Å²) in [6, 6.07) is 9.66. The van der Waals surface area contributed by atoms with Crippen LogP contribution in [0.5, 0.6) is 0 Å². The van der Waals surface area contributed by atoms with Crippen LogP contribution in [0.4, 0.5) is 0 Å². The van der Waals surface area contributed by atoms with E-state index in [0.717, 1.165) is 58.2 Å². The van der Waals surface area contributed by atoms with Gasteiger partial charge in [0.25, 0.3) is 0 Å². The van der Waals surface area contributed by atoms with Crippen molar-refractivity contribution in [1.82, 2.24) is 9.80 Å². The molecular formula is C23H34N2O3. The molecule has 4 aliphatic rings. The van der Waals surface area contributed by atoms with Gasteiger partial charge in [-0.3, -0.25) is 4.90 Å². The molecule has 0 aromatic heterocycles. The molecule has 28 heavy (non-hydrogen) atoms. The minimum Gasteiger partial charge on any atom is -0.458 e. The van der Waals surface area contributed by atoms with Crippen molar-refractivity contribution in [2.75, 3.05) is 33.7 Å². The number of rotatable bonds is 6. The van der Waals surface area contributed by atoms with Crippen LogP contribution in [0.2, 0.25) is 0 Å². The maximum atomic E-state index is 13.5. The van der Waals surface area contributed by atoms with Crippen molar-refractivity contribution in [3.8, 4) is 0 Å². The van der Waals surface area contributed by atoms with E-state index in [9.17, 15) is 9.90 Å². The number of likely N-dealkylation sites (N-methyl/N-ethyl adjacent to an activating group) is 1. The molecule has 1 N–H and O–H groups in total. The first-order valence-corrected chi connectivity index (χ1v) is 10.9. The van der Waals surface area contributed by atoms with Gasteiger partial charge in [-0.25, -0.2) is 4.79 Å². The molecule has 3 heterocycles. The number of benzene rings is 1. The Bertz CT molecular complexity index is 666. The minimum atomic E-state index is -1.54. The molecule has 5 rings (SSSR count). The Kier molecular flexibility index (Phi) is 5.77. The van der Waals surface area contributed by atoms with Crippen LogP contribution in [-0.2, 0) is 15.1 Å². The Morgan fingerprint density at radius 1 is 1.14 bits per heavy atom. The van der Waals surface area contributed by atoms with Gasteiger partial charge in [0, 0.05) is 12.5 Å². The predicted molar refractivity (Wildman–Crippen MR) is 109 cm³/mol. The van der Waals surface area contributed by atoms with Gasteiger partial charge < -0.3 is 14.7 Å².